The molecule has 6 atom stereocenters. The van der Waals surface area contributed by atoms with Crippen molar-refractivity contribution >= 4 is 40.0 Å². The fourth-order valence-corrected chi connectivity index (χ4v) is 10.5. The zero-order valence-electron chi connectivity index (χ0n) is 34.6. The Hall–Kier alpha value is -5.01. The molecule has 4 aromatic carbocycles. The zero-order valence-corrected chi connectivity index (χ0v) is 35.5. The number of carbonyl (C=O) groups is 1. The lowest BCUT2D eigenvalue weighted by Crippen LogP contribution is -2.64. The molecule has 1 saturated carbocycles. The summed E-state index contributed by atoms with van der Waals surface area (Å²) in [7, 11) is 3.09. The number of allylic oxidation sites excluding steroid dienone is 1. The number of anilines is 1. The van der Waals surface area contributed by atoms with E-state index < -0.39 is 11.9 Å². The number of nitrogens with zero attached hydrogens (tertiary/aromatic N) is 1. The number of fused-ring (bicyclic) bond motifs is 3. The van der Waals surface area contributed by atoms with Gasteiger partial charge in [0.25, 0.3) is 0 Å². The number of nitrogens with one attached hydrogen (secondary N) is 1. The first-order valence-electron chi connectivity index (χ1n) is 20.9. The summed E-state index contributed by atoms with van der Waals surface area (Å²) in [5, 5.41) is 29.4. The molecule has 0 radical (unpaired) electrons. The van der Waals surface area contributed by atoms with Gasteiger partial charge in [0.2, 0.25) is 5.79 Å². The third kappa shape index (κ3) is 9.17. The minimum absolute atomic E-state index is 0.0868. The Morgan fingerprint density at radius 3 is 2.48 bits per heavy atom. The lowest BCUT2D eigenvalue weighted by molar-refractivity contribution is -0.223. The number of aliphatic hydroxyl groups excluding tert-OH is 2. The van der Waals surface area contributed by atoms with Gasteiger partial charge in [0.1, 0.15) is 29.6 Å². The molecule has 0 saturated heterocycles. The summed E-state index contributed by atoms with van der Waals surface area (Å²) < 4.78 is 31.2. The van der Waals surface area contributed by atoms with Crippen LogP contribution in [0.3, 0.4) is 0 Å². The number of aliphatic hydroxyl groups is 2. The van der Waals surface area contributed by atoms with Crippen LogP contribution >= 0.6 is 11.8 Å². The highest BCUT2D eigenvalue weighted by molar-refractivity contribution is 8.00. The maximum atomic E-state index is 13.5. The van der Waals surface area contributed by atoms with Crippen LogP contribution in [0.5, 0.6) is 23.0 Å². The van der Waals surface area contributed by atoms with Crippen molar-refractivity contribution in [3.8, 4) is 23.0 Å². The highest BCUT2D eigenvalue weighted by atomic mass is 32.2. The standard InChI is InChI=1S/C48H56N2O9S/c1-5-25-56-48-44(60-36-20-17-31-13-7-8-14-32(31)26-36)30-41(50-57-6-2)38-27-33(15-9-11-23-51)37(16-10-12-24-52)45(46(38)48)39-28-35(19-22-42(39)59-48)58-47(53)49-40-21-18-34(54-3)29-43(40)55-4/h5,7-8,13-14,17-22,26-29,33,37,44-46,51-52H,1,6,9-12,15-16,23-25,30H2,2-4H3,(H,49,53)/t33-,37+,44-,45+,46+,48+/m0/s1. The summed E-state index contributed by atoms with van der Waals surface area (Å²) in [4.78, 5) is 20.4. The van der Waals surface area contributed by atoms with Crippen molar-refractivity contribution in [2.24, 2.45) is 22.9 Å². The van der Waals surface area contributed by atoms with Crippen LogP contribution in [0, 0.1) is 17.8 Å². The molecule has 0 unspecified atom stereocenters. The van der Waals surface area contributed by atoms with E-state index in [1.807, 2.05) is 25.1 Å². The Kier molecular flexibility index (Phi) is 14.4. The van der Waals surface area contributed by atoms with Gasteiger partial charge < -0.3 is 38.7 Å². The molecule has 1 fully saturated rings. The molecular weight excluding hydrogens is 781 g/mol. The summed E-state index contributed by atoms with van der Waals surface area (Å²) in [5.41, 5.74) is 3.23. The lowest BCUT2D eigenvalue weighted by Gasteiger charge is -2.58. The molecule has 2 aliphatic carbocycles. The number of rotatable bonds is 19. The van der Waals surface area contributed by atoms with Crippen LogP contribution in [-0.4, -0.2) is 73.7 Å². The van der Waals surface area contributed by atoms with Gasteiger partial charge in [0.05, 0.1) is 43.4 Å². The van der Waals surface area contributed by atoms with Crippen LogP contribution in [-0.2, 0) is 9.57 Å². The molecule has 1 amide bonds. The average Bonchev–Trinajstić information content (AvgIpc) is 3.26. The molecule has 1 heterocycles. The van der Waals surface area contributed by atoms with Crippen LogP contribution in [0.1, 0.15) is 63.4 Å². The van der Waals surface area contributed by atoms with Gasteiger partial charge in [-0.15, -0.1) is 18.3 Å². The maximum Gasteiger partial charge on any atom is 0.417 e. The van der Waals surface area contributed by atoms with E-state index in [1.165, 1.54) is 7.11 Å². The molecule has 318 valence electrons. The first-order chi connectivity index (χ1) is 29.4. The van der Waals surface area contributed by atoms with Crippen molar-refractivity contribution in [2.75, 3.05) is 46.0 Å². The van der Waals surface area contributed by atoms with E-state index in [2.05, 4.69) is 54.4 Å². The summed E-state index contributed by atoms with van der Waals surface area (Å²) in [6, 6.07) is 25.5. The Balaban J connectivity index is 1.35. The number of hydrogen-bond donors (Lipinski definition) is 3. The highest BCUT2D eigenvalue weighted by Crippen LogP contribution is 2.63. The average molecular weight is 837 g/mol. The third-order valence-corrected chi connectivity index (χ3v) is 13.1. The molecule has 3 N–H and O–H groups in total. The van der Waals surface area contributed by atoms with Crippen molar-refractivity contribution in [2.45, 2.75) is 73.7 Å². The third-order valence-electron chi connectivity index (χ3n) is 11.8. The molecule has 3 aliphatic rings. The number of amides is 1. The van der Waals surface area contributed by atoms with Gasteiger partial charge in [-0.1, -0.05) is 60.5 Å². The number of thioether (sulfide) groups is 1. The van der Waals surface area contributed by atoms with Crippen molar-refractivity contribution < 1.29 is 43.5 Å². The Labute approximate surface area is 356 Å². The van der Waals surface area contributed by atoms with Gasteiger partial charge in [0.15, 0.2) is 0 Å². The SMILES string of the molecule is C=CCO[C@@]12Oc3ccc(OC(=O)Nc4ccc(OC)cc4OC)cc3[C@H]3[C@H](CCCCO)[C@@H](CCCCO)C=C(C(=NOCC)C[C@@H]1Sc1ccc4ccccc4c1)[C@H]32. The second-order valence-electron chi connectivity index (χ2n) is 15.4. The van der Waals surface area contributed by atoms with Gasteiger partial charge in [-0.05, 0) is 103 Å². The van der Waals surface area contributed by atoms with Crippen molar-refractivity contribution in [3.05, 3.63) is 109 Å². The lowest BCUT2D eigenvalue weighted by atomic mass is 9.56. The van der Waals surface area contributed by atoms with Gasteiger partial charge in [-0.3, -0.25) is 5.32 Å². The van der Waals surface area contributed by atoms with Gasteiger partial charge in [0, 0.05) is 42.1 Å². The minimum Gasteiger partial charge on any atom is -0.497 e. The molecule has 1 aliphatic heterocycles. The van der Waals surface area contributed by atoms with E-state index >= 15 is 0 Å². The molecule has 12 heteroatoms. The van der Waals surface area contributed by atoms with E-state index in [0.717, 1.165) is 58.2 Å². The summed E-state index contributed by atoms with van der Waals surface area (Å²) in [6.07, 6.45) is 8.68. The van der Waals surface area contributed by atoms with E-state index in [-0.39, 0.29) is 48.7 Å². The Morgan fingerprint density at radius 2 is 1.73 bits per heavy atom. The molecule has 60 heavy (non-hydrogen) atoms. The van der Waals surface area contributed by atoms with Crippen molar-refractivity contribution in [1.82, 2.24) is 0 Å². The smallest absolute Gasteiger partial charge is 0.417 e. The fraction of sp³-hybridized carbons (Fsp3) is 0.417. The molecule has 4 aromatic rings. The van der Waals surface area contributed by atoms with E-state index in [4.69, 9.17) is 33.7 Å². The van der Waals surface area contributed by atoms with Gasteiger partial charge >= 0.3 is 6.09 Å². The normalized spacial score (nSPS) is 23.4. The van der Waals surface area contributed by atoms with Crippen molar-refractivity contribution in [3.63, 3.8) is 0 Å². The fourth-order valence-electron chi connectivity index (χ4n) is 9.18. The van der Waals surface area contributed by atoms with Crippen molar-refractivity contribution in [1.29, 1.82) is 0 Å². The summed E-state index contributed by atoms with van der Waals surface area (Å²) in [6.45, 7) is 6.87. The first-order valence-corrected chi connectivity index (χ1v) is 21.8. The van der Waals surface area contributed by atoms with E-state index in [1.54, 1.807) is 49.2 Å². The predicted molar refractivity (Wildman–Crippen MR) is 236 cm³/mol. The Morgan fingerprint density at radius 1 is 0.950 bits per heavy atom. The number of oxime groups is 1. The van der Waals surface area contributed by atoms with Gasteiger partial charge in [-0.2, -0.15) is 0 Å². The number of hydrogen-bond acceptors (Lipinski definition) is 11. The second kappa shape index (κ2) is 20.0. The number of ether oxygens (including phenoxy) is 5. The Bertz CT molecular complexity index is 2190. The molecule has 7 rings (SSSR count). The number of unbranched alkanes of at least 4 members (excludes halogenated alkanes) is 2. The zero-order chi connectivity index (χ0) is 42.1. The van der Waals surface area contributed by atoms with Crippen LogP contribution in [0.25, 0.3) is 10.8 Å². The molecular formula is C48H56N2O9S. The molecule has 11 nitrogen and oxygen atoms in total. The van der Waals surface area contributed by atoms with Crippen LogP contribution in [0.15, 0.2) is 113 Å². The molecule has 0 bridgehead atoms. The van der Waals surface area contributed by atoms with E-state index in [0.29, 0.717) is 54.6 Å². The predicted octanol–water partition coefficient (Wildman–Crippen LogP) is 9.91. The molecule has 0 spiro atoms. The monoisotopic (exact) mass is 836 g/mol. The second-order valence-corrected chi connectivity index (χ2v) is 16.6. The summed E-state index contributed by atoms with van der Waals surface area (Å²) in [5.74, 6) is 0.561. The number of methoxy groups -OCH3 is 2. The van der Waals surface area contributed by atoms with E-state index in [9.17, 15) is 15.0 Å². The minimum atomic E-state index is -1.16. The van der Waals surface area contributed by atoms with Crippen LogP contribution < -0.4 is 24.3 Å². The maximum absolute atomic E-state index is 13.5. The quantitative estimate of drug-likeness (QED) is 0.0476. The number of carbonyl (C=O) groups excluding carboxylic acids is 1. The number of benzene rings is 4. The topological polar surface area (TPSA) is 137 Å². The molecule has 0 aromatic heterocycles. The highest BCUT2D eigenvalue weighted by Gasteiger charge is 2.64. The first kappa shape index (κ1) is 43.1. The largest absolute Gasteiger partial charge is 0.497 e. The summed E-state index contributed by atoms with van der Waals surface area (Å²) >= 11 is 1.72. The van der Waals surface area contributed by atoms with Crippen LogP contribution in [0.4, 0.5) is 10.5 Å². The van der Waals surface area contributed by atoms with Crippen LogP contribution in [0.2, 0.25) is 0 Å². The van der Waals surface area contributed by atoms with Gasteiger partial charge in [-0.25, -0.2) is 4.79 Å².